The number of ether oxygens (including phenoxy) is 1. The molecule has 1 aliphatic carbocycles. The summed E-state index contributed by atoms with van der Waals surface area (Å²) in [7, 11) is 0. The van der Waals surface area contributed by atoms with Gasteiger partial charge in [-0.2, -0.15) is 0 Å². The SMILES string of the molecule is Cl.NCC1CCCC1NC(=O)CCCOc1ccccc1. The Morgan fingerprint density at radius 2 is 2.05 bits per heavy atom. The molecule has 0 aliphatic heterocycles. The maximum absolute atomic E-state index is 11.9. The van der Waals surface area contributed by atoms with Crippen LogP contribution >= 0.6 is 12.4 Å². The summed E-state index contributed by atoms with van der Waals surface area (Å²) in [5.74, 6) is 1.43. The van der Waals surface area contributed by atoms with Crippen LogP contribution in [0.25, 0.3) is 0 Å². The molecule has 118 valence electrons. The second-order valence-corrected chi connectivity index (χ2v) is 5.37. The topological polar surface area (TPSA) is 64.3 Å². The van der Waals surface area contributed by atoms with E-state index in [0.717, 1.165) is 25.0 Å². The molecule has 0 spiro atoms. The van der Waals surface area contributed by atoms with Gasteiger partial charge in [-0.25, -0.2) is 0 Å². The van der Waals surface area contributed by atoms with Gasteiger partial charge in [-0.15, -0.1) is 12.4 Å². The Morgan fingerprint density at radius 3 is 2.76 bits per heavy atom. The van der Waals surface area contributed by atoms with Crippen molar-refractivity contribution in [1.29, 1.82) is 0 Å². The van der Waals surface area contributed by atoms with Crippen molar-refractivity contribution in [2.75, 3.05) is 13.2 Å². The molecule has 0 radical (unpaired) electrons. The molecule has 0 saturated heterocycles. The molecule has 4 nitrogen and oxygen atoms in total. The van der Waals surface area contributed by atoms with E-state index in [1.165, 1.54) is 6.42 Å². The first kappa shape index (κ1) is 17.8. The predicted octanol–water partition coefficient (Wildman–Crippen LogP) is 2.51. The first-order valence-electron chi connectivity index (χ1n) is 7.47. The van der Waals surface area contributed by atoms with Crippen LogP contribution in [0.4, 0.5) is 0 Å². The summed E-state index contributed by atoms with van der Waals surface area (Å²) >= 11 is 0. The maximum Gasteiger partial charge on any atom is 0.220 e. The zero-order valence-corrected chi connectivity index (χ0v) is 13.1. The zero-order valence-electron chi connectivity index (χ0n) is 12.3. The van der Waals surface area contributed by atoms with E-state index >= 15 is 0 Å². The number of carbonyl (C=O) groups is 1. The molecule has 2 unspecified atom stereocenters. The van der Waals surface area contributed by atoms with Gasteiger partial charge < -0.3 is 15.8 Å². The average molecular weight is 313 g/mol. The Hall–Kier alpha value is -1.26. The number of rotatable bonds is 7. The van der Waals surface area contributed by atoms with Crippen LogP contribution in [0.2, 0.25) is 0 Å². The minimum atomic E-state index is 0. The summed E-state index contributed by atoms with van der Waals surface area (Å²) in [5, 5.41) is 3.10. The van der Waals surface area contributed by atoms with Gasteiger partial charge in [0.25, 0.3) is 0 Å². The number of amides is 1. The number of hydrogen-bond donors (Lipinski definition) is 2. The molecule has 1 amide bonds. The van der Waals surface area contributed by atoms with E-state index in [9.17, 15) is 4.79 Å². The molecular weight excluding hydrogens is 288 g/mol. The van der Waals surface area contributed by atoms with Crippen molar-refractivity contribution in [1.82, 2.24) is 5.32 Å². The molecule has 1 aromatic rings. The quantitative estimate of drug-likeness (QED) is 0.760. The van der Waals surface area contributed by atoms with Crippen molar-refractivity contribution in [2.24, 2.45) is 11.7 Å². The molecule has 3 N–H and O–H groups in total. The highest BCUT2D eigenvalue weighted by atomic mass is 35.5. The minimum Gasteiger partial charge on any atom is -0.494 e. The molecule has 1 aliphatic rings. The van der Waals surface area contributed by atoms with Crippen LogP contribution in [0, 0.1) is 5.92 Å². The Bertz CT molecular complexity index is 414. The standard InChI is InChI=1S/C16H24N2O2.ClH/c17-12-13-6-4-9-15(13)18-16(19)10-5-11-20-14-7-2-1-3-8-14;/h1-3,7-8,13,15H,4-6,9-12,17H2,(H,18,19);1H. The van der Waals surface area contributed by atoms with Gasteiger partial charge in [0, 0.05) is 12.5 Å². The van der Waals surface area contributed by atoms with Crippen LogP contribution in [-0.2, 0) is 4.79 Å². The third kappa shape index (κ3) is 5.94. The second kappa shape index (κ2) is 9.64. The lowest BCUT2D eigenvalue weighted by atomic mass is 10.0. The van der Waals surface area contributed by atoms with Gasteiger partial charge >= 0.3 is 0 Å². The van der Waals surface area contributed by atoms with E-state index < -0.39 is 0 Å². The number of nitrogens with one attached hydrogen (secondary N) is 1. The molecule has 1 saturated carbocycles. The van der Waals surface area contributed by atoms with Crippen LogP contribution < -0.4 is 15.8 Å². The van der Waals surface area contributed by atoms with E-state index in [1.807, 2.05) is 30.3 Å². The fourth-order valence-corrected chi connectivity index (χ4v) is 2.73. The highest BCUT2D eigenvalue weighted by Crippen LogP contribution is 2.24. The van der Waals surface area contributed by atoms with E-state index in [-0.39, 0.29) is 24.4 Å². The normalized spacial score (nSPS) is 20.6. The first-order chi connectivity index (χ1) is 9.79. The summed E-state index contributed by atoms with van der Waals surface area (Å²) in [4.78, 5) is 11.9. The number of benzene rings is 1. The van der Waals surface area contributed by atoms with Gasteiger partial charge in [0.2, 0.25) is 5.91 Å². The van der Waals surface area contributed by atoms with Gasteiger partial charge in [0.05, 0.1) is 6.61 Å². The fraction of sp³-hybridized carbons (Fsp3) is 0.562. The lowest BCUT2D eigenvalue weighted by Gasteiger charge is -2.19. The molecule has 21 heavy (non-hydrogen) atoms. The highest BCUT2D eigenvalue weighted by molar-refractivity contribution is 5.85. The van der Waals surface area contributed by atoms with Gasteiger partial charge in [-0.05, 0) is 43.9 Å². The largest absolute Gasteiger partial charge is 0.494 e. The number of halogens is 1. The molecule has 1 fully saturated rings. The van der Waals surface area contributed by atoms with E-state index in [2.05, 4.69) is 5.32 Å². The van der Waals surface area contributed by atoms with Crippen LogP contribution in [-0.4, -0.2) is 25.1 Å². The predicted molar refractivity (Wildman–Crippen MR) is 86.7 cm³/mol. The Balaban J connectivity index is 0.00000220. The maximum atomic E-state index is 11.9. The van der Waals surface area contributed by atoms with Crippen LogP contribution in [0.1, 0.15) is 32.1 Å². The zero-order chi connectivity index (χ0) is 14.2. The molecule has 5 heteroatoms. The summed E-state index contributed by atoms with van der Waals surface area (Å²) in [5.41, 5.74) is 5.71. The number of hydrogen-bond acceptors (Lipinski definition) is 3. The molecule has 0 aromatic heterocycles. The minimum absolute atomic E-state index is 0. The van der Waals surface area contributed by atoms with Crippen LogP contribution in [0.5, 0.6) is 5.75 Å². The van der Waals surface area contributed by atoms with Crippen molar-refractivity contribution in [3.05, 3.63) is 30.3 Å². The molecule has 1 aromatic carbocycles. The average Bonchev–Trinajstić information content (AvgIpc) is 2.92. The molecule has 2 atom stereocenters. The van der Waals surface area contributed by atoms with Crippen LogP contribution in [0.3, 0.4) is 0 Å². The number of nitrogens with two attached hydrogens (primary N) is 1. The van der Waals surface area contributed by atoms with E-state index in [4.69, 9.17) is 10.5 Å². The van der Waals surface area contributed by atoms with Crippen molar-refractivity contribution in [3.8, 4) is 5.75 Å². The first-order valence-corrected chi connectivity index (χ1v) is 7.47. The molecule has 0 heterocycles. The van der Waals surface area contributed by atoms with Gasteiger partial charge in [-0.1, -0.05) is 24.6 Å². The van der Waals surface area contributed by atoms with Crippen molar-refractivity contribution < 1.29 is 9.53 Å². The summed E-state index contributed by atoms with van der Waals surface area (Å²) in [6, 6.07) is 9.96. The third-order valence-corrected chi connectivity index (χ3v) is 3.87. The van der Waals surface area contributed by atoms with Crippen molar-refractivity contribution in [2.45, 2.75) is 38.1 Å². The fourth-order valence-electron chi connectivity index (χ4n) is 2.73. The Labute approximate surface area is 132 Å². The Morgan fingerprint density at radius 1 is 1.29 bits per heavy atom. The molecule has 0 bridgehead atoms. The van der Waals surface area contributed by atoms with Gasteiger partial charge in [-0.3, -0.25) is 4.79 Å². The third-order valence-electron chi connectivity index (χ3n) is 3.87. The van der Waals surface area contributed by atoms with E-state index in [1.54, 1.807) is 0 Å². The number of carbonyl (C=O) groups excluding carboxylic acids is 1. The van der Waals surface area contributed by atoms with E-state index in [0.29, 0.717) is 25.5 Å². The number of para-hydroxylation sites is 1. The summed E-state index contributed by atoms with van der Waals surface area (Å²) in [6.07, 6.45) is 4.62. The summed E-state index contributed by atoms with van der Waals surface area (Å²) < 4.78 is 5.57. The van der Waals surface area contributed by atoms with Crippen LogP contribution in [0.15, 0.2) is 30.3 Å². The lowest BCUT2D eigenvalue weighted by molar-refractivity contribution is -0.122. The molecule has 2 rings (SSSR count). The lowest BCUT2D eigenvalue weighted by Crippen LogP contribution is -2.39. The second-order valence-electron chi connectivity index (χ2n) is 5.37. The summed E-state index contributed by atoms with van der Waals surface area (Å²) in [6.45, 7) is 1.24. The van der Waals surface area contributed by atoms with Crippen molar-refractivity contribution >= 4 is 18.3 Å². The monoisotopic (exact) mass is 312 g/mol. The molecular formula is C16H25ClN2O2. The van der Waals surface area contributed by atoms with Gasteiger partial charge in [0.1, 0.15) is 5.75 Å². The Kier molecular flexibility index (Phi) is 8.16. The highest BCUT2D eigenvalue weighted by Gasteiger charge is 2.26. The smallest absolute Gasteiger partial charge is 0.220 e. The van der Waals surface area contributed by atoms with Crippen molar-refractivity contribution in [3.63, 3.8) is 0 Å². The van der Waals surface area contributed by atoms with Gasteiger partial charge in [0.15, 0.2) is 0 Å².